The fourth-order valence-electron chi connectivity index (χ4n) is 3.71. The van der Waals surface area contributed by atoms with E-state index in [2.05, 4.69) is 22.3 Å². The molecule has 7 heteroatoms. The lowest BCUT2D eigenvalue weighted by Crippen LogP contribution is -2.36. The minimum Gasteiger partial charge on any atom is -0.489 e. The Labute approximate surface area is 182 Å². The molecule has 0 atom stereocenters. The van der Waals surface area contributed by atoms with Crippen molar-refractivity contribution in [2.45, 2.75) is 25.9 Å². The molecule has 2 aromatic rings. The largest absolute Gasteiger partial charge is 0.489 e. The van der Waals surface area contributed by atoms with Crippen LogP contribution in [0, 0.1) is 0 Å². The fraction of sp³-hybridized carbons (Fsp3) is 0.435. The first-order valence-electron chi connectivity index (χ1n) is 10.4. The van der Waals surface area contributed by atoms with Crippen LogP contribution in [-0.4, -0.2) is 50.3 Å². The zero-order chi connectivity index (χ0) is 20.8. The fourth-order valence-corrected chi connectivity index (χ4v) is 4.00. The first kappa shape index (κ1) is 21.0. The second-order valence-corrected chi connectivity index (χ2v) is 7.97. The second kappa shape index (κ2) is 10.2. The van der Waals surface area contributed by atoms with Crippen molar-refractivity contribution in [1.82, 2.24) is 10.2 Å². The van der Waals surface area contributed by atoms with E-state index in [0.29, 0.717) is 36.3 Å². The molecular weight excluding hydrogens is 404 g/mol. The SMILES string of the molecule is O=C(Cc1cc(Cl)c2c(c1)OCCCO2)NCc1ccccc1CN1CCOCC1. The molecule has 1 N–H and O–H groups in total. The van der Waals surface area contributed by atoms with E-state index < -0.39 is 0 Å². The van der Waals surface area contributed by atoms with E-state index in [1.54, 1.807) is 6.07 Å². The molecule has 0 bridgehead atoms. The minimum atomic E-state index is -0.0540. The Morgan fingerprint density at radius 1 is 1.03 bits per heavy atom. The molecule has 4 rings (SSSR count). The number of carbonyl (C=O) groups is 1. The van der Waals surface area contributed by atoms with Crippen molar-refractivity contribution >= 4 is 17.5 Å². The quantitative estimate of drug-likeness (QED) is 0.762. The van der Waals surface area contributed by atoms with Crippen LogP contribution in [0.4, 0.5) is 0 Å². The van der Waals surface area contributed by atoms with Gasteiger partial charge >= 0.3 is 0 Å². The first-order valence-corrected chi connectivity index (χ1v) is 10.8. The van der Waals surface area contributed by atoms with Crippen LogP contribution in [0.3, 0.4) is 0 Å². The highest BCUT2D eigenvalue weighted by Gasteiger charge is 2.17. The summed E-state index contributed by atoms with van der Waals surface area (Å²) in [7, 11) is 0. The van der Waals surface area contributed by atoms with E-state index in [4.69, 9.17) is 25.8 Å². The molecule has 2 aliphatic rings. The van der Waals surface area contributed by atoms with Crippen LogP contribution in [0.25, 0.3) is 0 Å². The maximum atomic E-state index is 12.6. The van der Waals surface area contributed by atoms with E-state index in [9.17, 15) is 4.79 Å². The molecule has 2 aliphatic heterocycles. The predicted octanol–water partition coefficient (Wildman–Crippen LogP) is 3.19. The van der Waals surface area contributed by atoms with Crippen molar-refractivity contribution in [3.05, 3.63) is 58.1 Å². The molecule has 30 heavy (non-hydrogen) atoms. The van der Waals surface area contributed by atoms with Crippen molar-refractivity contribution < 1.29 is 19.0 Å². The first-order chi connectivity index (χ1) is 14.7. The molecular formula is C23H27ClN2O4. The van der Waals surface area contributed by atoms with Crippen molar-refractivity contribution in [1.29, 1.82) is 0 Å². The van der Waals surface area contributed by atoms with Gasteiger partial charge in [-0.3, -0.25) is 9.69 Å². The smallest absolute Gasteiger partial charge is 0.224 e. The lowest BCUT2D eigenvalue weighted by Gasteiger charge is -2.27. The number of ether oxygens (including phenoxy) is 3. The lowest BCUT2D eigenvalue weighted by molar-refractivity contribution is -0.120. The molecule has 1 fully saturated rings. The zero-order valence-corrected chi connectivity index (χ0v) is 17.7. The number of hydrogen-bond acceptors (Lipinski definition) is 5. The number of rotatable bonds is 6. The normalized spacial score (nSPS) is 16.7. The summed E-state index contributed by atoms with van der Waals surface area (Å²) in [6, 6.07) is 11.9. The summed E-state index contributed by atoms with van der Waals surface area (Å²) in [6.45, 7) is 5.95. The number of nitrogens with zero attached hydrogens (tertiary/aromatic N) is 1. The molecule has 0 radical (unpaired) electrons. The third-order valence-corrected chi connectivity index (χ3v) is 5.60. The number of benzene rings is 2. The molecule has 0 aromatic heterocycles. The minimum absolute atomic E-state index is 0.0540. The van der Waals surface area contributed by atoms with Crippen molar-refractivity contribution in [2.24, 2.45) is 0 Å². The Balaban J connectivity index is 1.36. The van der Waals surface area contributed by atoms with Gasteiger partial charge in [-0.2, -0.15) is 0 Å². The standard InChI is InChI=1S/C23H27ClN2O4/c24-20-12-17(13-21-23(20)30-9-3-8-29-21)14-22(27)25-15-18-4-1-2-5-19(18)16-26-6-10-28-11-7-26/h1-2,4-5,12-13H,3,6-11,14-16H2,(H,25,27). The third kappa shape index (κ3) is 5.45. The average molecular weight is 431 g/mol. The van der Waals surface area contributed by atoms with E-state index in [-0.39, 0.29) is 12.3 Å². The summed E-state index contributed by atoms with van der Waals surface area (Å²) < 4.78 is 16.8. The Morgan fingerprint density at radius 3 is 2.63 bits per heavy atom. The molecule has 1 saturated heterocycles. The molecule has 0 saturated carbocycles. The molecule has 0 spiro atoms. The summed E-state index contributed by atoms with van der Waals surface area (Å²) in [5, 5.41) is 3.52. The van der Waals surface area contributed by atoms with Crippen LogP contribution >= 0.6 is 11.6 Å². The summed E-state index contributed by atoms with van der Waals surface area (Å²) in [4.78, 5) is 15.0. The van der Waals surface area contributed by atoms with Crippen LogP contribution in [-0.2, 0) is 29.0 Å². The van der Waals surface area contributed by atoms with Gasteiger partial charge in [0.1, 0.15) is 0 Å². The Bertz CT molecular complexity index is 884. The van der Waals surface area contributed by atoms with E-state index in [1.165, 1.54) is 5.56 Å². The van der Waals surface area contributed by atoms with Crippen molar-refractivity contribution in [2.75, 3.05) is 39.5 Å². The maximum absolute atomic E-state index is 12.6. The average Bonchev–Trinajstić information content (AvgIpc) is 3.00. The number of fused-ring (bicyclic) bond motifs is 1. The molecule has 2 aromatic carbocycles. The number of amides is 1. The Hall–Kier alpha value is -2.28. The van der Waals surface area contributed by atoms with Crippen LogP contribution in [0.2, 0.25) is 5.02 Å². The van der Waals surface area contributed by atoms with E-state index in [1.807, 2.05) is 18.2 Å². The van der Waals surface area contributed by atoms with Gasteiger partial charge < -0.3 is 19.5 Å². The zero-order valence-electron chi connectivity index (χ0n) is 17.0. The second-order valence-electron chi connectivity index (χ2n) is 7.57. The highest BCUT2D eigenvalue weighted by Crippen LogP contribution is 2.38. The highest BCUT2D eigenvalue weighted by atomic mass is 35.5. The Kier molecular flexibility index (Phi) is 7.10. The van der Waals surface area contributed by atoms with Gasteiger partial charge in [0.2, 0.25) is 5.91 Å². The number of carbonyl (C=O) groups excluding carboxylic acids is 1. The van der Waals surface area contributed by atoms with Gasteiger partial charge in [0.05, 0.1) is 37.9 Å². The van der Waals surface area contributed by atoms with Gasteiger partial charge in [-0.25, -0.2) is 0 Å². The van der Waals surface area contributed by atoms with Crippen LogP contribution < -0.4 is 14.8 Å². The monoisotopic (exact) mass is 430 g/mol. The van der Waals surface area contributed by atoms with Gasteiger partial charge in [-0.1, -0.05) is 35.9 Å². The molecule has 1 amide bonds. The van der Waals surface area contributed by atoms with Crippen LogP contribution in [0.1, 0.15) is 23.1 Å². The van der Waals surface area contributed by atoms with Crippen LogP contribution in [0.15, 0.2) is 36.4 Å². The third-order valence-electron chi connectivity index (χ3n) is 5.32. The molecule has 0 unspecified atom stereocenters. The van der Waals surface area contributed by atoms with Crippen LogP contribution in [0.5, 0.6) is 11.5 Å². The molecule has 0 aliphatic carbocycles. The van der Waals surface area contributed by atoms with E-state index >= 15 is 0 Å². The summed E-state index contributed by atoms with van der Waals surface area (Å²) in [6.07, 6.45) is 1.05. The van der Waals surface area contributed by atoms with Crippen molar-refractivity contribution in [3.63, 3.8) is 0 Å². The number of hydrogen-bond donors (Lipinski definition) is 1. The molecule has 2 heterocycles. The summed E-state index contributed by atoms with van der Waals surface area (Å²) >= 11 is 6.34. The number of halogens is 1. The number of morpholine rings is 1. The topological polar surface area (TPSA) is 60.0 Å². The lowest BCUT2D eigenvalue weighted by atomic mass is 10.1. The van der Waals surface area contributed by atoms with Gasteiger partial charge in [0.15, 0.2) is 11.5 Å². The highest BCUT2D eigenvalue weighted by molar-refractivity contribution is 6.32. The van der Waals surface area contributed by atoms with Gasteiger partial charge in [0, 0.05) is 32.6 Å². The summed E-state index contributed by atoms with van der Waals surface area (Å²) in [5.74, 6) is 1.12. The molecule has 6 nitrogen and oxygen atoms in total. The molecule has 160 valence electrons. The number of nitrogens with one attached hydrogen (secondary N) is 1. The van der Waals surface area contributed by atoms with Gasteiger partial charge in [-0.15, -0.1) is 0 Å². The van der Waals surface area contributed by atoms with Gasteiger partial charge in [-0.05, 0) is 28.8 Å². The predicted molar refractivity (Wildman–Crippen MR) is 115 cm³/mol. The maximum Gasteiger partial charge on any atom is 0.224 e. The Morgan fingerprint density at radius 2 is 1.80 bits per heavy atom. The van der Waals surface area contributed by atoms with E-state index in [0.717, 1.165) is 50.4 Å². The van der Waals surface area contributed by atoms with Crippen molar-refractivity contribution in [3.8, 4) is 11.5 Å². The summed E-state index contributed by atoms with van der Waals surface area (Å²) in [5.41, 5.74) is 3.18. The van der Waals surface area contributed by atoms with Gasteiger partial charge in [0.25, 0.3) is 0 Å².